The first-order chi connectivity index (χ1) is 22.6. The van der Waals surface area contributed by atoms with Crippen LogP contribution in [0.2, 0.25) is 5.02 Å². The van der Waals surface area contributed by atoms with E-state index in [2.05, 4.69) is 5.32 Å². The van der Waals surface area contributed by atoms with Crippen molar-refractivity contribution in [1.82, 2.24) is 10.2 Å². The van der Waals surface area contributed by atoms with Gasteiger partial charge in [0.25, 0.3) is 10.0 Å². The van der Waals surface area contributed by atoms with E-state index in [1.807, 2.05) is 68.4 Å². The van der Waals surface area contributed by atoms with Gasteiger partial charge in [-0.15, -0.1) is 0 Å². The van der Waals surface area contributed by atoms with Crippen LogP contribution in [0.25, 0.3) is 0 Å². The van der Waals surface area contributed by atoms with Crippen LogP contribution < -0.4 is 9.62 Å². The molecule has 246 valence electrons. The highest BCUT2D eigenvalue weighted by atomic mass is 35.5. The summed E-state index contributed by atoms with van der Waals surface area (Å²) < 4.78 is 29.5. The molecule has 1 atom stereocenters. The molecule has 2 amide bonds. The number of amides is 2. The number of sulfonamides is 1. The molecule has 0 unspecified atom stereocenters. The van der Waals surface area contributed by atoms with Gasteiger partial charge in [0.05, 0.1) is 10.6 Å². The molecule has 4 aromatic carbocycles. The summed E-state index contributed by atoms with van der Waals surface area (Å²) in [7, 11) is -4.19. The molecule has 1 fully saturated rings. The van der Waals surface area contributed by atoms with Gasteiger partial charge in [-0.25, -0.2) is 8.42 Å². The molecule has 1 aliphatic rings. The lowest BCUT2D eigenvalue weighted by Crippen LogP contribution is -2.55. The first-order valence-corrected chi connectivity index (χ1v) is 18.0. The molecule has 0 aliphatic heterocycles. The first kappa shape index (κ1) is 34.2. The highest BCUT2D eigenvalue weighted by Gasteiger charge is 2.35. The van der Waals surface area contributed by atoms with Gasteiger partial charge in [-0.05, 0) is 73.2 Å². The Balaban J connectivity index is 1.58. The van der Waals surface area contributed by atoms with Crippen molar-refractivity contribution in [3.63, 3.8) is 0 Å². The van der Waals surface area contributed by atoms with Gasteiger partial charge in [0.2, 0.25) is 11.8 Å². The minimum absolute atomic E-state index is 0.0367. The van der Waals surface area contributed by atoms with Crippen LogP contribution in [-0.2, 0) is 32.6 Å². The van der Waals surface area contributed by atoms with Crippen molar-refractivity contribution in [3.8, 4) is 0 Å². The molecular formula is C38H42ClN3O4S. The van der Waals surface area contributed by atoms with Crippen LogP contribution >= 0.6 is 11.6 Å². The molecule has 1 aliphatic carbocycles. The number of halogens is 1. The summed E-state index contributed by atoms with van der Waals surface area (Å²) >= 11 is 6.48. The van der Waals surface area contributed by atoms with Crippen molar-refractivity contribution >= 4 is 39.1 Å². The van der Waals surface area contributed by atoms with Crippen molar-refractivity contribution in [2.45, 2.75) is 75.9 Å². The molecule has 7 nitrogen and oxygen atoms in total. The van der Waals surface area contributed by atoms with Gasteiger partial charge in [-0.1, -0.05) is 110 Å². The Hall–Kier alpha value is -4.14. The van der Waals surface area contributed by atoms with Crippen LogP contribution in [0.15, 0.2) is 108 Å². The zero-order valence-electron chi connectivity index (χ0n) is 26.9. The van der Waals surface area contributed by atoms with E-state index in [9.17, 15) is 18.0 Å². The second kappa shape index (κ2) is 15.6. The van der Waals surface area contributed by atoms with Crippen molar-refractivity contribution in [1.29, 1.82) is 0 Å². The highest BCUT2D eigenvalue weighted by molar-refractivity contribution is 7.92. The third-order valence-electron chi connectivity index (χ3n) is 8.88. The van der Waals surface area contributed by atoms with Gasteiger partial charge < -0.3 is 10.2 Å². The van der Waals surface area contributed by atoms with E-state index in [1.165, 1.54) is 12.1 Å². The van der Waals surface area contributed by atoms with Gasteiger partial charge in [0.15, 0.2) is 0 Å². The Morgan fingerprint density at radius 3 is 2.13 bits per heavy atom. The molecule has 4 aromatic rings. The second-order valence-electron chi connectivity index (χ2n) is 12.3. The summed E-state index contributed by atoms with van der Waals surface area (Å²) in [5.74, 6) is -0.734. The van der Waals surface area contributed by atoms with Crippen molar-refractivity contribution in [2.75, 3.05) is 10.8 Å². The fourth-order valence-corrected chi connectivity index (χ4v) is 7.66. The normalized spacial score (nSPS) is 14.3. The van der Waals surface area contributed by atoms with Crippen LogP contribution in [0.1, 0.15) is 54.4 Å². The minimum Gasteiger partial charge on any atom is -0.352 e. The Morgan fingerprint density at radius 1 is 0.830 bits per heavy atom. The number of nitrogens with one attached hydrogen (secondary N) is 1. The molecule has 0 aromatic heterocycles. The molecule has 1 saturated carbocycles. The Morgan fingerprint density at radius 2 is 1.47 bits per heavy atom. The summed E-state index contributed by atoms with van der Waals surface area (Å²) in [5.41, 5.74) is 3.79. The second-order valence-corrected chi connectivity index (χ2v) is 14.5. The zero-order chi connectivity index (χ0) is 33.4. The zero-order valence-corrected chi connectivity index (χ0v) is 28.5. The molecule has 9 heteroatoms. The summed E-state index contributed by atoms with van der Waals surface area (Å²) in [6.45, 7) is 3.41. The van der Waals surface area contributed by atoms with Crippen LogP contribution in [0.5, 0.6) is 0 Å². The summed E-state index contributed by atoms with van der Waals surface area (Å²) in [6, 6.07) is 29.5. The number of nitrogens with zero attached hydrogens (tertiary/aromatic N) is 2. The van der Waals surface area contributed by atoms with Gasteiger partial charge in [0.1, 0.15) is 12.6 Å². The largest absolute Gasteiger partial charge is 0.352 e. The van der Waals surface area contributed by atoms with Crippen LogP contribution in [0.4, 0.5) is 5.69 Å². The van der Waals surface area contributed by atoms with Crippen LogP contribution in [0.3, 0.4) is 0 Å². The number of aryl methyl sites for hydroxylation is 2. The smallest absolute Gasteiger partial charge is 0.264 e. The van der Waals surface area contributed by atoms with E-state index in [0.717, 1.165) is 58.7 Å². The third-order valence-corrected chi connectivity index (χ3v) is 11.1. The van der Waals surface area contributed by atoms with Crippen LogP contribution in [-0.4, -0.2) is 43.8 Å². The molecule has 47 heavy (non-hydrogen) atoms. The Kier molecular flexibility index (Phi) is 11.4. The molecule has 0 radical (unpaired) electrons. The molecule has 0 bridgehead atoms. The molecule has 1 N–H and O–H groups in total. The van der Waals surface area contributed by atoms with E-state index < -0.39 is 28.5 Å². The predicted octanol–water partition coefficient (Wildman–Crippen LogP) is 7.24. The summed E-state index contributed by atoms with van der Waals surface area (Å²) in [5, 5.41) is 3.63. The average molecular weight is 672 g/mol. The van der Waals surface area contributed by atoms with E-state index >= 15 is 0 Å². The number of hydrogen-bond acceptors (Lipinski definition) is 4. The highest BCUT2D eigenvalue weighted by Crippen LogP contribution is 2.29. The molecule has 5 rings (SSSR count). The maximum absolute atomic E-state index is 14.7. The number of carbonyl (C=O) groups is 2. The molecular weight excluding hydrogens is 630 g/mol. The number of rotatable bonds is 12. The topological polar surface area (TPSA) is 86.8 Å². The summed E-state index contributed by atoms with van der Waals surface area (Å²) in [4.78, 5) is 30.5. The standard InChI is InChI=1S/C38H42ClN3O4S/c1-28-14-12-13-17-31(28)26-41(36(24-30-15-6-3-7-16-30)38(44)40-32-18-8-4-9-19-32)37(43)27-42(33-23-22-29(2)35(39)25-33)47(45,46)34-20-10-5-11-21-34/h3,5-7,10-17,20-23,25,32,36H,4,8-9,18-19,24,26-27H2,1-2H3,(H,40,44)/t36-/m1/s1. The average Bonchev–Trinajstić information content (AvgIpc) is 3.08. The van der Waals surface area contributed by atoms with Gasteiger partial charge in [-0.3, -0.25) is 13.9 Å². The van der Waals surface area contributed by atoms with E-state index in [1.54, 1.807) is 41.3 Å². The van der Waals surface area contributed by atoms with E-state index in [0.29, 0.717) is 5.02 Å². The maximum Gasteiger partial charge on any atom is 0.264 e. The van der Waals surface area contributed by atoms with Crippen LogP contribution in [0, 0.1) is 13.8 Å². The van der Waals surface area contributed by atoms with Crippen molar-refractivity contribution in [2.24, 2.45) is 0 Å². The lowest BCUT2D eigenvalue weighted by molar-refractivity contribution is -0.140. The summed E-state index contributed by atoms with van der Waals surface area (Å²) in [6.07, 6.45) is 5.31. The number of anilines is 1. The van der Waals surface area contributed by atoms with Crippen molar-refractivity contribution in [3.05, 3.63) is 130 Å². The van der Waals surface area contributed by atoms with E-state index in [4.69, 9.17) is 11.6 Å². The predicted molar refractivity (Wildman–Crippen MR) is 188 cm³/mol. The van der Waals surface area contributed by atoms with E-state index in [-0.39, 0.29) is 35.5 Å². The number of benzene rings is 4. The lowest BCUT2D eigenvalue weighted by atomic mass is 9.94. The number of carbonyl (C=O) groups excluding carboxylic acids is 2. The molecule has 0 spiro atoms. The lowest BCUT2D eigenvalue weighted by Gasteiger charge is -2.35. The van der Waals surface area contributed by atoms with Crippen molar-refractivity contribution < 1.29 is 18.0 Å². The monoisotopic (exact) mass is 671 g/mol. The molecule has 0 heterocycles. The minimum atomic E-state index is -4.19. The number of hydrogen-bond donors (Lipinski definition) is 1. The van der Waals surface area contributed by atoms with Gasteiger partial charge in [0, 0.05) is 24.0 Å². The fraction of sp³-hybridized carbons (Fsp3) is 0.316. The SMILES string of the molecule is Cc1ccc(N(CC(=O)N(Cc2ccccc2C)[C@H](Cc2ccccc2)C(=O)NC2CCCCC2)S(=O)(=O)c2ccccc2)cc1Cl. The Bertz CT molecular complexity index is 1780. The molecule has 0 saturated heterocycles. The maximum atomic E-state index is 14.7. The Labute approximate surface area is 283 Å². The first-order valence-electron chi connectivity index (χ1n) is 16.2. The van der Waals surface area contributed by atoms with Gasteiger partial charge >= 0.3 is 0 Å². The fourth-order valence-electron chi connectivity index (χ4n) is 6.05. The third kappa shape index (κ3) is 8.62. The quantitative estimate of drug-likeness (QED) is 0.172. The van der Waals surface area contributed by atoms with Gasteiger partial charge in [-0.2, -0.15) is 0 Å².